The normalized spacial score (nSPS) is 41.8. The number of ether oxygens (including phenoxy) is 5. The van der Waals surface area contributed by atoms with Gasteiger partial charge >= 0.3 is 5.97 Å². The Bertz CT molecular complexity index is 431. The lowest BCUT2D eigenvalue weighted by molar-refractivity contribution is -0.441. The van der Waals surface area contributed by atoms with Crippen LogP contribution in [0, 0.1) is 5.41 Å². The lowest BCUT2D eigenvalue weighted by atomic mass is 9.92. The Morgan fingerprint density at radius 3 is 2.24 bits per heavy atom. The highest BCUT2D eigenvalue weighted by molar-refractivity contribution is 5.90. The van der Waals surface area contributed by atoms with Gasteiger partial charge < -0.3 is 23.7 Å². The molecule has 1 atom stereocenters. The molecule has 0 saturated carbocycles. The Morgan fingerprint density at radius 1 is 1.10 bits per heavy atom. The van der Waals surface area contributed by atoms with Crippen LogP contribution in [0.1, 0.15) is 27.2 Å². The summed E-state index contributed by atoms with van der Waals surface area (Å²) in [5.41, 5.74) is -0.0831. The second-order valence-electron chi connectivity index (χ2n) is 6.73. The summed E-state index contributed by atoms with van der Waals surface area (Å²) >= 11 is 0. The zero-order valence-electron chi connectivity index (χ0n) is 12.7. The molecule has 4 aliphatic heterocycles. The Kier molecular flexibility index (Phi) is 3.70. The van der Waals surface area contributed by atoms with Crippen LogP contribution < -0.4 is 0 Å². The molecule has 0 spiro atoms. The molecule has 4 rings (SSSR count). The molecule has 118 valence electrons. The van der Waals surface area contributed by atoms with Crippen molar-refractivity contribution in [1.29, 1.82) is 0 Å². The molecule has 4 aliphatic rings. The van der Waals surface area contributed by atoms with Crippen LogP contribution in [0.4, 0.5) is 0 Å². The third-order valence-electron chi connectivity index (χ3n) is 3.83. The van der Waals surface area contributed by atoms with Gasteiger partial charge in [0, 0.05) is 17.9 Å². The van der Waals surface area contributed by atoms with E-state index in [2.05, 4.69) is 0 Å². The molecule has 4 heterocycles. The van der Waals surface area contributed by atoms with Crippen molar-refractivity contribution in [2.45, 2.75) is 45.1 Å². The van der Waals surface area contributed by atoms with Gasteiger partial charge in [0.2, 0.25) is 0 Å². The van der Waals surface area contributed by atoms with Crippen molar-refractivity contribution in [3.63, 3.8) is 0 Å². The average molecular weight is 298 g/mol. The van der Waals surface area contributed by atoms with Gasteiger partial charge in [-0.2, -0.15) is 0 Å². The van der Waals surface area contributed by atoms with E-state index in [0.717, 1.165) is 0 Å². The predicted molar refractivity (Wildman–Crippen MR) is 72.4 cm³/mol. The van der Waals surface area contributed by atoms with Crippen molar-refractivity contribution in [2.24, 2.45) is 5.41 Å². The second-order valence-corrected chi connectivity index (χ2v) is 6.73. The Hall–Kier alpha value is -0.790. The van der Waals surface area contributed by atoms with Gasteiger partial charge in [0.15, 0.2) is 11.6 Å². The lowest BCUT2D eigenvalue weighted by Crippen LogP contribution is -2.57. The number of hydrogen-bond acceptors (Lipinski definition) is 6. The van der Waals surface area contributed by atoms with Crippen LogP contribution in [0.3, 0.4) is 0 Å². The summed E-state index contributed by atoms with van der Waals surface area (Å²) in [6.45, 7) is 7.85. The van der Waals surface area contributed by atoms with Crippen molar-refractivity contribution in [1.82, 2.24) is 0 Å². The maximum absolute atomic E-state index is 12.0. The molecule has 0 amide bonds. The van der Waals surface area contributed by atoms with Crippen LogP contribution in [0.25, 0.3) is 0 Å². The summed E-state index contributed by atoms with van der Waals surface area (Å²) in [6.07, 6.45) is 3.06. The molecule has 0 aromatic heterocycles. The molecule has 0 N–H and O–H groups in total. The maximum Gasteiger partial charge on any atom is 0.305 e. The van der Waals surface area contributed by atoms with Gasteiger partial charge in [-0.25, -0.2) is 0 Å². The SMILES string of the molecule is CC12COC(/C=C/C(=O)C[C@H]3COC(C)(C)O3)(OC1)OC2. The third-order valence-corrected chi connectivity index (χ3v) is 3.83. The molecule has 6 nitrogen and oxygen atoms in total. The van der Waals surface area contributed by atoms with Crippen molar-refractivity contribution in [3.05, 3.63) is 12.2 Å². The molecule has 4 saturated heterocycles. The molecule has 4 fully saturated rings. The monoisotopic (exact) mass is 298 g/mol. The zero-order chi connectivity index (χ0) is 15.1. The van der Waals surface area contributed by atoms with Gasteiger partial charge in [-0.15, -0.1) is 0 Å². The van der Waals surface area contributed by atoms with E-state index in [0.29, 0.717) is 26.4 Å². The fourth-order valence-corrected chi connectivity index (χ4v) is 2.57. The van der Waals surface area contributed by atoms with Crippen LogP contribution >= 0.6 is 0 Å². The fourth-order valence-electron chi connectivity index (χ4n) is 2.57. The second kappa shape index (κ2) is 5.14. The predicted octanol–water partition coefficient (Wildman–Crippen LogP) is 1.39. The molecule has 2 bridgehead atoms. The highest BCUT2D eigenvalue weighted by Gasteiger charge is 2.49. The number of carbonyl (C=O) groups is 1. The Morgan fingerprint density at radius 2 is 1.71 bits per heavy atom. The Labute approximate surface area is 124 Å². The lowest BCUT2D eigenvalue weighted by Gasteiger charge is -2.49. The minimum absolute atomic E-state index is 0.0645. The first kappa shape index (κ1) is 15.1. The van der Waals surface area contributed by atoms with E-state index >= 15 is 0 Å². The first-order valence-corrected chi connectivity index (χ1v) is 7.26. The molecular formula is C15H22O6. The van der Waals surface area contributed by atoms with E-state index in [4.69, 9.17) is 23.7 Å². The van der Waals surface area contributed by atoms with Crippen molar-refractivity contribution in [2.75, 3.05) is 26.4 Å². The summed E-state index contributed by atoms with van der Waals surface area (Å²) in [5, 5.41) is 0. The summed E-state index contributed by atoms with van der Waals surface area (Å²) in [5.74, 6) is -1.87. The first-order valence-electron chi connectivity index (χ1n) is 7.26. The van der Waals surface area contributed by atoms with E-state index in [-0.39, 0.29) is 23.7 Å². The van der Waals surface area contributed by atoms with E-state index < -0.39 is 11.8 Å². The van der Waals surface area contributed by atoms with Crippen LogP contribution in [-0.2, 0) is 28.5 Å². The molecule has 0 radical (unpaired) electrons. The van der Waals surface area contributed by atoms with Gasteiger partial charge in [-0.1, -0.05) is 6.92 Å². The summed E-state index contributed by atoms with van der Waals surface area (Å²) in [4.78, 5) is 12.0. The van der Waals surface area contributed by atoms with Crippen molar-refractivity contribution >= 4 is 5.78 Å². The van der Waals surface area contributed by atoms with Crippen LogP contribution in [-0.4, -0.2) is 50.1 Å². The topological polar surface area (TPSA) is 63.2 Å². The number of ketones is 1. The van der Waals surface area contributed by atoms with Gasteiger partial charge in [0.1, 0.15) is 0 Å². The molecule has 21 heavy (non-hydrogen) atoms. The molecule has 0 aliphatic carbocycles. The number of allylic oxidation sites excluding steroid dienone is 1. The fraction of sp³-hybridized carbons (Fsp3) is 0.800. The largest absolute Gasteiger partial charge is 0.348 e. The van der Waals surface area contributed by atoms with Gasteiger partial charge in [-0.3, -0.25) is 4.79 Å². The smallest absolute Gasteiger partial charge is 0.305 e. The standard InChI is InChI=1S/C15H22O6/c1-13(2)17-7-12(21-13)6-11(16)4-5-15-18-8-14(3,9-19-15)10-20-15/h4-5,12H,6-10H2,1-3H3/b5-4+/t12-,14?,15?/m0/s1. The quantitative estimate of drug-likeness (QED) is 0.731. The van der Waals surface area contributed by atoms with E-state index in [1.807, 2.05) is 20.8 Å². The summed E-state index contributed by atoms with van der Waals surface area (Å²) in [7, 11) is 0. The summed E-state index contributed by atoms with van der Waals surface area (Å²) < 4.78 is 27.8. The summed E-state index contributed by atoms with van der Waals surface area (Å²) in [6, 6.07) is 0. The van der Waals surface area contributed by atoms with Crippen LogP contribution in [0.5, 0.6) is 0 Å². The Balaban J connectivity index is 1.53. The van der Waals surface area contributed by atoms with Crippen molar-refractivity contribution in [3.8, 4) is 0 Å². The third kappa shape index (κ3) is 3.35. The van der Waals surface area contributed by atoms with Gasteiger partial charge in [-0.05, 0) is 19.9 Å². The number of hydrogen-bond donors (Lipinski definition) is 0. The van der Waals surface area contributed by atoms with E-state index in [1.54, 1.807) is 6.08 Å². The molecular weight excluding hydrogens is 276 g/mol. The van der Waals surface area contributed by atoms with Crippen LogP contribution in [0.2, 0.25) is 0 Å². The van der Waals surface area contributed by atoms with E-state index in [9.17, 15) is 4.79 Å². The van der Waals surface area contributed by atoms with Crippen LogP contribution in [0.15, 0.2) is 12.2 Å². The minimum atomic E-state index is -1.19. The minimum Gasteiger partial charge on any atom is -0.348 e. The highest BCUT2D eigenvalue weighted by Crippen LogP contribution is 2.38. The van der Waals surface area contributed by atoms with Gasteiger partial charge in [0.25, 0.3) is 0 Å². The number of fused-ring (bicyclic) bond motifs is 3. The first-order chi connectivity index (χ1) is 9.80. The number of rotatable bonds is 4. The average Bonchev–Trinajstić information content (AvgIpc) is 2.77. The highest BCUT2D eigenvalue weighted by atomic mass is 16.9. The number of carbonyl (C=O) groups excluding carboxylic acids is 1. The molecule has 6 heteroatoms. The van der Waals surface area contributed by atoms with Gasteiger partial charge in [0.05, 0.1) is 32.5 Å². The molecule has 0 unspecified atom stereocenters. The molecule has 0 aromatic carbocycles. The maximum atomic E-state index is 12.0. The molecule has 0 aromatic rings. The van der Waals surface area contributed by atoms with E-state index in [1.165, 1.54) is 6.08 Å². The zero-order valence-corrected chi connectivity index (χ0v) is 12.7. The van der Waals surface area contributed by atoms with Crippen molar-refractivity contribution < 1.29 is 28.5 Å².